The molecule has 0 radical (unpaired) electrons. The van der Waals surface area contributed by atoms with E-state index in [0.29, 0.717) is 5.88 Å². The number of aryl methyl sites for hydroxylation is 2. The second-order valence-electron chi connectivity index (χ2n) is 6.86. The fraction of sp³-hybridized carbons (Fsp3) is 0.556. The van der Waals surface area contributed by atoms with Crippen LogP contribution in [0.5, 0.6) is 5.88 Å². The van der Waals surface area contributed by atoms with Crippen LogP contribution in [0.15, 0.2) is 6.33 Å². The van der Waals surface area contributed by atoms with Gasteiger partial charge in [0.1, 0.15) is 11.2 Å². The summed E-state index contributed by atoms with van der Waals surface area (Å²) < 4.78 is 5.62. The zero-order valence-corrected chi connectivity index (χ0v) is 15.4. The Balaban J connectivity index is 1.34. The SMILES string of the molecule is O=C(COc1ncnc2sc3c(c12)CCC3)NC(=O)NC1CCCCC1. The second-order valence-corrected chi connectivity index (χ2v) is 7.95. The van der Waals surface area contributed by atoms with E-state index in [1.807, 2.05) is 0 Å². The van der Waals surface area contributed by atoms with Crippen LogP contribution in [-0.4, -0.2) is 34.6 Å². The van der Waals surface area contributed by atoms with Crippen molar-refractivity contribution >= 4 is 33.5 Å². The molecule has 2 aromatic rings. The largest absolute Gasteiger partial charge is 0.467 e. The van der Waals surface area contributed by atoms with Crippen molar-refractivity contribution < 1.29 is 14.3 Å². The molecular formula is C18H22N4O3S. The number of carbonyl (C=O) groups is 2. The molecule has 1 saturated carbocycles. The fourth-order valence-electron chi connectivity index (χ4n) is 3.77. The number of fused-ring (bicyclic) bond motifs is 3. The number of urea groups is 1. The summed E-state index contributed by atoms with van der Waals surface area (Å²) in [6.45, 7) is -0.241. The van der Waals surface area contributed by atoms with Crippen LogP contribution >= 0.6 is 11.3 Å². The van der Waals surface area contributed by atoms with Gasteiger partial charge in [-0.15, -0.1) is 11.3 Å². The maximum atomic E-state index is 12.0. The molecule has 0 saturated heterocycles. The predicted molar refractivity (Wildman–Crippen MR) is 98.5 cm³/mol. The van der Waals surface area contributed by atoms with Crippen molar-refractivity contribution in [3.63, 3.8) is 0 Å². The number of nitrogens with one attached hydrogen (secondary N) is 2. The number of aromatic nitrogens is 2. The summed E-state index contributed by atoms with van der Waals surface area (Å²) in [5, 5.41) is 6.11. The van der Waals surface area contributed by atoms with Crippen LogP contribution < -0.4 is 15.4 Å². The lowest BCUT2D eigenvalue weighted by atomic mass is 9.96. The molecule has 8 heteroatoms. The van der Waals surface area contributed by atoms with Gasteiger partial charge in [-0.3, -0.25) is 10.1 Å². The molecule has 7 nitrogen and oxygen atoms in total. The van der Waals surface area contributed by atoms with Gasteiger partial charge in [0.25, 0.3) is 5.91 Å². The van der Waals surface area contributed by atoms with Crippen molar-refractivity contribution in [2.75, 3.05) is 6.61 Å². The Morgan fingerprint density at radius 2 is 2.00 bits per heavy atom. The summed E-state index contributed by atoms with van der Waals surface area (Å²) in [6.07, 6.45) is 10.1. The summed E-state index contributed by atoms with van der Waals surface area (Å²) in [5.41, 5.74) is 1.25. The van der Waals surface area contributed by atoms with E-state index < -0.39 is 11.9 Å². The first-order valence-electron chi connectivity index (χ1n) is 9.19. The molecular weight excluding hydrogens is 352 g/mol. The maximum Gasteiger partial charge on any atom is 0.321 e. The molecule has 4 rings (SSSR count). The molecule has 26 heavy (non-hydrogen) atoms. The highest BCUT2D eigenvalue weighted by Gasteiger charge is 2.22. The highest BCUT2D eigenvalue weighted by Crippen LogP contribution is 2.39. The van der Waals surface area contributed by atoms with Gasteiger partial charge in [0, 0.05) is 10.9 Å². The standard InChI is InChI=1S/C18H22N4O3S/c23-14(22-18(24)21-11-5-2-1-3-6-11)9-25-16-15-12-7-4-8-13(12)26-17(15)20-10-19-16/h10-11H,1-9H2,(H2,21,22,23,24). The minimum atomic E-state index is -0.475. The quantitative estimate of drug-likeness (QED) is 0.858. The molecule has 2 aromatic heterocycles. The number of nitrogens with zero attached hydrogens (tertiary/aromatic N) is 2. The van der Waals surface area contributed by atoms with Gasteiger partial charge in [-0.25, -0.2) is 14.8 Å². The van der Waals surface area contributed by atoms with E-state index in [-0.39, 0.29) is 12.6 Å². The molecule has 2 heterocycles. The highest BCUT2D eigenvalue weighted by atomic mass is 32.1. The predicted octanol–water partition coefficient (Wildman–Crippen LogP) is 2.72. The van der Waals surface area contributed by atoms with Crippen LogP contribution in [0, 0.1) is 0 Å². The summed E-state index contributed by atoms with van der Waals surface area (Å²) >= 11 is 1.67. The monoisotopic (exact) mass is 374 g/mol. The highest BCUT2D eigenvalue weighted by molar-refractivity contribution is 7.18. The molecule has 0 aliphatic heterocycles. The molecule has 2 aliphatic carbocycles. The molecule has 0 spiro atoms. The van der Waals surface area contributed by atoms with E-state index in [4.69, 9.17) is 4.74 Å². The van der Waals surface area contributed by atoms with Gasteiger partial charge in [0.05, 0.1) is 5.39 Å². The minimum absolute atomic E-state index is 0.160. The number of hydrogen-bond donors (Lipinski definition) is 2. The molecule has 3 amide bonds. The first-order valence-corrected chi connectivity index (χ1v) is 10.0. The Kier molecular flexibility index (Phi) is 5.01. The number of amides is 3. The molecule has 2 aliphatic rings. The Hall–Kier alpha value is -2.22. The Labute approximate surface area is 155 Å². The Morgan fingerprint density at radius 1 is 1.15 bits per heavy atom. The maximum absolute atomic E-state index is 12.0. The third-order valence-electron chi connectivity index (χ3n) is 5.00. The van der Waals surface area contributed by atoms with Crippen molar-refractivity contribution in [2.45, 2.75) is 57.4 Å². The van der Waals surface area contributed by atoms with Gasteiger partial charge < -0.3 is 10.1 Å². The van der Waals surface area contributed by atoms with Crippen LogP contribution in [0.4, 0.5) is 4.79 Å². The van der Waals surface area contributed by atoms with Gasteiger partial charge in [-0.2, -0.15) is 0 Å². The first kappa shape index (κ1) is 17.2. The number of imide groups is 1. The zero-order chi connectivity index (χ0) is 17.9. The number of carbonyl (C=O) groups excluding carboxylic acids is 2. The molecule has 0 bridgehead atoms. The fourth-order valence-corrected chi connectivity index (χ4v) is 4.99. The Morgan fingerprint density at radius 3 is 2.85 bits per heavy atom. The van der Waals surface area contributed by atoms with E-state index in [0.717, 1.165) is 55.2 Å². The molecule has 1 fully saturated rings. The number of hydrogen-bond acceptors (Lipinski definition) is 6. The van der Waals surface area contributed by atoms with Crippen molar-refractivity contribution in [3.05, 3.63) is 16.8 Å². The van der Waals surface area contributed by atoms with Crippen LogP contribution in [0.2, 0.25) is 0 Å². The third kappa shape index (κ3) is 3.65. The van der Waals surface area contributed by atoms with Gasteiger partial charge in [-0.1, -0.05) is 19.3 Å². The first-order chi connectivity index (χ1) is 12.7. The summed E-state index contributed by atoms with van der Waals surface area (Å²) in [7, 11) is 0. The average Bonchev–Trinajstić information content (AvgIpc) is 3.21. The summed E-state index contributed by atoms with van der Waals surface area (Å²) in [4.78, 5) is 34.7. The topological polar surface area (TPSA) is 93.2 Å². The zero-order valence-electron chi connectivity index (χ0n) is 14.5. The van der Waals surface area contributed by atoms with Crippen LogP contribution in [0.25, 0.3) is 10.2 Å². The average molecular weight is 374 g/mol. The lowest BCUT2D eigenvalue weighted by molar-refractivity contribution is -0.122. The lowest BCUT2D eigenvalue weighted by Crippen LogP contribution is -2.46. The summed E-state index contributed by atoms with van der Waals surface area (Å²) in [6, 6.07) is -0.290. The van der Waals surface area contributed by atoms with Crippen molar-refractivity contribution in [1.82, 2.24) is 20.6 Å². The van der Waals surface area contributed by atoms with Crippen molar-refractivity contribution in [2.24, 2.45) is 0 Å². The number of ether oxygens (including phenoxy) is 1. The van der Waals surface area contributed by atoms with Crippen LogP contribution in [0.3, 0.4) is 0 Å². The molecule has 2 N–H and O–H groups in total. The van der Waals surface area contributed by atoms with E-state index in [1.165, 1.54) is 23.2 Å². The van der Waals surface area contributed by atoms with Gasteiger partial charge in [0.15, 0.2) is 6.61 Å². The number of thiophene rings is 1. The van der Waals surface area contributed by atoms with Crippen molar-refractivity contribution in [1.29, 1.82) is 0 Å². The van der Waals surface area contributed by atoms with E-state index in [2.05, 4.69) is 20.6 Å². The van der Waals surface area contributed by atoms with E-state index in [1.54, 1.807) is 11.3 Å². The lowest BCUT2D eigenvalue weighted by Gasteiger charge is -2.22. The van der Waals surface area contributed by atoms with E-state index in [9.17, 15) is 9.59 Å². The Bertz CT molecular complexity index is 829. The smallest absolute Gasteiger partial charge is 0.321 e. The van der Waals surface area contributed by atoms with Crippen molar-refractivity contribution in [3.8, 4) is 5.88 Å². The molecule has 0 atom stereocenters. The number of rotatable bonds is 4. The van der Waals surface area contributed by atoms with E-state index >= 15 is 0 Å². The van der Waals surface area contributed by atoms with Crippen LogP contribution in [0.1, 0.15) is 49.0 Å². The van der Waals surface area contributed by atoms with Gasteiger partial charge in [-0.05, 0) is 37.7 Å². The minimum Gasteiger partial charge on any atom is -0.467 e. The van der Waals surface area contributed by atoms with Crippen LogP contribution in [-0.2, 0) is 17.6 Å². The van der Waals surface area contributed by atoms with Gasteiger partial charge >= 0.3 is 6.03 Å². The molecule has 138 valence electrons. The molecule has 0 unspecified atom stereocenters. The second kappa shape index (κ2) is 7.57. The van der Waals surface area contributed by atoms with Gasteiger partial charge in [0.2, 0.25) is 5.88 Å². The molecule has 0 aromatic carbocycles. The normalized spacial score (nSPS) is 17.1. The summed E-state index contributed by atoms with van der Waals surface area (Å²) in [5.74, 6) is -0.0471. The third-order valence-corrected chi connectivity index (χ3v) is 6.20.